The zero-order chi connectivity index (χ0) is 43.4. The molecule has 1 aromatic rings. The third kappa shape index (κ3) is 33.7. The second-order valence-corrected chi connectivity index (χ2v) is 18.9. The maximum Gasteiger partial charge on any atom is 0.339 e. The number of hydrogen-bond donors (Lipinski definition) is 0. The Kier molecular flexibility index (Phi) is 41.0. The van der Waals surface area contributed by atoms with Crippen molar-refractivity contribution in [3.05, 3.63) is 35.4 Å². The molecule has 0 unspecified atom stereocenters. The first-order chi connectivity index (χ1) is 29.6. The van der Waals surface area contributed by atoms with Gasteiger partial charge >= 0.3 is 11.9 Å². The van der Waals surface area contributed by atoms with Gasteiger partial charge in [-0.15, -0.1) is 0 Å². The number of ether oxygens (including phenoxy) is 2. The van der Waals surface area contributed by atoms with E-state index in [0.717, 1.165) is 25.7 Å². The van der Waals surface area contributed by atoms with Crippen LogP contribution in [0.25, 0.3) is 0 Å². The van der Waals surface area contributed by atoms with Gasteiger partial charge in [-0.3, -0.25) is 0 Å². The van der Waals surface area contributed by atoms with Gasteiger partial charge in [-0.05, 0) is 49.7 Å². The van der Waals surface area contributed by atoms with Crippen LogP contribution in [0.2, 0.25) is 0 Å². The molecular formula is C56H102O4. The second-order valence-electron chi connectivity index (χ2n) is 18.9. The molecule has 0 bridgehead atoms. The first-order valence-electron chi connectivity index (χ1n) is 27.0. The summed E-state index contributed by atoms with van der Waals surface area (Å²) in [6, 6.07) is 7.07. The monoisotopic (exact) mass is 839 g/mol. The van der Waals surface area contributed by atoms with Crippen molar-refractivity contribution in [2.24, 2.45) is 11.8 Å². The maximum absolute atomic E-state index is 13.3. The van der Waals surface area contributed by atoms with Gasteiger partial charge in [-0.1, -0.05) is 271 Å². The number of carbonyl (C=O) groups excluding carboxylic acids is 2. The highest BCUT2D eigenvalue weighted by molar-refractivity contribution is 6.03. The van der Waals surface area contributed by atoms with E-state index >= 15 is 0 Å². The molecule has 1 aromatic carbocycles. The molecule has 0 N–H and O–H groups in total. The van der Waals surface area contributed by atoms with Gasteiger partial charge in [0.2, 0.25) is 0 Å². The molecule has 0 aliphatic heterocycles. The molecule has 0 amide bonds. The Labute approximate surface area is 374 Å². The molecule has 0 saturated carbocycles. The third-order valence-corrected chi connectivity index (χ3v) is 13.2. The predicted octanol–water partition coefficient (Wildman–Crippen LogP) is 18.9. The van der Waals surface area contributed by atoms with Gasteiger partial charge in [-0.25, -0.2) is 9.59 Å². The molecule has 0 aliphatic carbocycles. The zero-order valence-corrected chi connectivity index (χ0v) is 40.8. The van der Waals surface area contributed by atoms with Gasteiger partial charge in [-0.2, -0.15) is 0 Å². The summed E-state index contributed by atoms with van der Waals surface area (Å²) in [4.78, 5) is 26.6. The smallest absolute Gasteiger partial charge is 0.339 e. The molecule has 350 valence electrons. The molecule has 0 atom stereocenters. The summed E-state index contributed by atoms with van der Waals surface area (Å²) in [5.74, 6) is 0.625. The van der Waals surface area contributed by atoms with Crippen LogP contribution in [0.15, 0.2) is 24.3 Å². The van der Waals surface area contributed by atoms with Crippen molar-refractivity contribution in [1.82, 2.24) is 0 Å². The maximum atomic E-state index is 13.3. The fourth-order valence-electron chi connectivity index (χ4n) is 9.20. The van der Waals surface area contributed by atoms with Gasteiger partial charge in [0.25, 0.3) is 0 Å². The molecule has 0 saturated heterocycles. The number of unbranched alkanes of at least 4 members (excludes halogenated alkanes) is 28. The van der Waals surface area contributed by atoms with Gasteiger partial charge in [0.15, 0.2) is 0 Å². The van der Waals surface area contributed by atoms with Crippen molar-refractivity contribution < 1.29 is 19.1 Å². The summed E-state index contributed by atoms with van der Waals surface area (Å²) in [7, 11) is 0. The number of esters is 2. The molecule has 0 spiro atoms. The van der Waals surface area contributed by atoms with Crippen molar-refractivity contribution in [3.8, 4) is 0 Å². The Morgan fingerprint density at radius 1 is 0.333 bits per heavy atom. The average Bonchev–Trinajstić information content (AvgIpc) is 3.26. The lowest BCUT2D eigenvalue weighted by atomic mass is 9.90. The highest BCUT2D eigenvalue weighted by Gasteiger charge is 2.20. The van der Waals surface area contributed by atoms with E-state index in [-0.39, 0.29) is 0 Å². The topological polar surface area (TPSA) is 52.6 Å². The van der Waals surface area contributed by atoms with Crippen LogP contribution in [0.1, 0.15) is 305 Å². The van der Waals surface area contributed by atoms with Crippen LogP contribution in [0.4, 0.5) is 0 Å². The fraction of sp³-hybridized carbons (Fsp3) is 0.857. The van der Waals surface area contributed by atoms with Crippen LogP contribution in [-0.2, 0) is 9.47 Å². The number of carbonyl (C=O) groups is 2. The van der Waals surface area contributed by atoms with Crippen LogP contribution in [0, 0.1) is 11.8 Å². The van der Waals surface area contributed by atoms with Gasteiger partial charge in [0.05, 0.1) is 24.3 Å². The molecule has 0 heterocycles. The molecule has 0 fully saturated rings. The highest BCUT2D eigenvalue weighted by Crippen LogP contribution is 2.26. The van der Waals surface area contributed by atoms with E-state index in [4.69, 9.17) is 9.47 Å². The first kappa shape index (κ1) is 56.2. The molecular weight excluding hydrogens is 737 g/mol. The van der Waals surface area contributed by atoms with Crippen LogP contribution in [-0.4, -0.2) is 25.2 Å². The van der Waals surface area contributed by atoms with E-state index in [1.54, 1.807) is 12.1 Å². The summed E-state index contributed by atoms with van der Waals surface area (Å²) in [6.45, 7) is 9.97. The summed E-state index contributed by atoms with van der Waals surface area (Å²) in [5, 5.41) is 0. The molecule has 1 rings (SSSR count). The second kappa shape index (κ2) is 43.8. The average molecular weight is 839 g/mol. The number of hydrogen-bond acceptors (Lipinski definition) is 4. The Hall–Kier alpha value is -1.84. The Bertz CT molecular complexity index is 944. The lowest BCUT2D eigenvalue weighted by molar-refractivity contribution is 0.0445. The molecule has 0 radical (unpaired) electrons. The quantitative estimate of drug-likeness (QED) is 0.0485. The van der Waals surface area contributed by atoms with Crippen molar-refractivity contribution in [2.45, 2.75) is 285 Å². The zero-order valence-electron chi connectivity index (χ0n) is 40.8. The van der Waals surface area contributed by atoms with E-state index in [9.17, 15) is 9.59 Å². The Morgan fingerprint density at radius 2 is 0.550 bits per heavy atom. The Morgan fingerprint density at radius 3 is 0.800 bits per heavy atom. The van der Waals surface area contributed by atoms with E-state index in [2.05, 4.69) is 27.7 Å². The minimum atomic E-state index is -0.402. The summed E-state index contributed by atoms with van der Waals surface area (Å²) >= 11 is 0. The highest BCUT2D eigenvalue weighted by atomic mass is 16.5. The van der Waals surface area contributed by atoms with Crippen molar-refractivity contribution in [2.75, 3.05) is 13.2 Å². The van der Waals surface area contributed by atoms with Gasteiger partial charge < -0.3 is 9.47 Å². The SMILES string of the molecule is CCCCCCCCCCC(CCCCCCCCCC)CCCOC(=O)c1ccccc1C(=O)OCCCC(CCCCCCCCCC)CCCCCCCCCC. The summed E-state index contributed by atoms with van der Waals surface area (Å²) in [5.41, 5.74) is 0.665. The fourth-order valence-corrected chi connectivity index (χ4v) is 9.20. The minimum absolute atomic E-state index is 0.333. The molecule has 4 heteroatoms. The molecule has 4 nitrogen and oxygen atoms in total. The van der Waals surface area contributed by atoms with Crippen molar-refractivity contribution in [3.63, 3.8) is 0 Å². The van der Waals surface area contributed by atoms with Crippen molar-refractivity contribution >= 4 is 11.9 Å². The van der Waals surface area contributed by atoms with Crippen LogP contribution in [0.3, 0.4) is 0 Å². The lowest BCUT2D eigenvalue weighted by Gasteiger charge is -2.18. The largest absolute Gasteiger partial charge is 0.462 e. The number of benzene rings is 1. The van der Waals surface area contributed by atoms with Gasteiger partial charge in [0.1, 0.15) is 0 Å². The normalized spacial score (nSPS) is 11.6. The van der Waals surface area contributed by atoms with E-state index in [1.807, 2.05) is 12.1 Å². The predicted molar refractivity (Wildman–Crippen MR) is 261 cm³/mol. The van der Waals surface area contributed by atoms with Gasteiger partial charge in [0, 0.05) is 0 Å². The van der Waals surface area contributed by atoms with E-state index < -0.39 is 11.9 Å². The van der Waals surface area contributed by atoms with Crippen LogP contribution < -0.4 is 0 Å². The first-order valence-corrected chi connectivity index (χ1v) is 27.0. The number of rotatable bonds is 46. The standard InChI is InChI=1S/C56H102O4/c1-5-9-13-17-21-25-29-33-41-51(42-34-30-26-22-18-14-10-6-2)45-39-49-59-55(57)53-47-37-38-48-54(53)56(58)60-50-40-46-52(43-35-31-27-23-19-15-11-7-3)44-36-32-28-24-20-16-12-8-4/h37-38,47-48,51-52H,5-36,39-46,49-50H2,1-4H3. The molecule has 0 aromatic heterocycles. The van der Waals surface area contributed by atoms with E-state index in [0.29, 0.717) is 36.2 Å². The van der Waals surface area contributed by atoms with Crippen molar-refractivity contribution in [1.29, 1.82) is 0 Å². The van der Waals surface area contributed by atoms with E-state index in [1.165, 1.54) is 231 Å². The lowest BCUT2D eigenvalue weighted by Crippen LogP contribution is -2.15. The third-order valence-electron chi connectivity index (χ3n) is 13.2. The van der Waals surface area contributed by atoms with Crippen LogP contribution >= 0.6 is 0 Å². The molecule has 60 heavy (non-hydrogen) atoms. The minimum Gasteiger partial charge on any atom is -0.462 e. The summed E-state index contributed by atoms with van der Waals surface area (Å²) < 4.78 is 11.6. The molecule has 0 aliphatic rings. The Balaban J connectivity index is 2.55. The summed E-state index contributed by atoms with van der Waals surface area (Å²) in [6.07, 6.45) is 52.8. The van der Waals surface area contributed by atoms with Crippen LogP contribution in [0.5, 0.6) is 0 Å².